The Hall–Kier alpha value is -2.16. The van der Waals surface area contributed by atoms with E-state index in [1.54, 1.807) is 12.1 Å². The summed E-state index contributed by atoms with van der Waals surface area (Å²) < 4.78 is 15.3. The minimum Gasteiger partial charge on any atom is -0.292 e. The summed E-state index contributed by atoms with van der Waals surface area (Å²) in [6, 6.07) is 10.8. The van der Waals surface area contributed by atoms with Crippen LogP contribution in [0.2, 0.25) is 0 Å². The largest absolute Gasteiger partial charge is 0.292 e. The lowest BCUT2D eigenvalue weighted by molar-refractivity contribution is 0.630. The van der Waals surface area contributed by atoms with Crippen LogP contribution in [-0.4, -0.2) is 9.38 Å². The molecule has 0 atom stereocenters. The highest BCUT2D eigenvalue weighted by atomic mass is 19.1. The fourth-order valence-electron chi connectivity index (χ4n) is 2.37. The Balaban J connectivity index is 2.46. The van der Waals surface area contributed by atoms with E-state index >= 15 is 0 Å². The quantitative estimate of drug-likeness (QED) is 0.435. The van der Waals surface area contributed by atoms with Crippen molar-refractivity contribution in [3.63, 3.8) is 0 Å². The van der Waals surface area contributed by atoms with Crippen LogP contribution in [0.5, 0.6) is 0 Å². The number of imidazole rings is 1. The van der Waals surface area contributed by atoms with Gasteiger partial charge in [-0.1, -0.05) is 6.07 Å². The lowest BCUT2D eigenvalue weighted by atomic mass is 10.2. The zero-order valence-corrected chi connectivity index (χ0v) is 8.31. The average molecular weight is 210 g/mol. The van der Waals surface area contributed by atoms with Crippen LogP contribution in [0.15, 0.2) is 42.6 Å². The Labute approximate surface area is 90.3 Å². The summed E-state index contributed by atoms with van der Waals surface area (Å²) in [6.45, 7) is 0. The normalized spacial score (nSPS) is 12.1. The lowest BCUT2D eigenvalue weighted by Gasteiger charge is -1.94. The molecule has 2 nitrogen and oxygen atoms in total. The molecule has 0 spiro atoms. The van der Waals surface area contributed by atoms with Gasteiger partial charge in [-0.3, -0.25) is 4.40 Å². The molecule has 0 saturated heterocycles. The van der Waals surface area contributed by atoms with Gasteiger partial charge in [-0.25, -0.2) is 9.37 Å². The molecule has 0 aliphatic rings. The predicted molar refractivity (Wildman–Crippen MR) is 61.3 cm³/mol. The molecule has 0 unspecified atom stereocenters. The van der Waals surface area contributed by atoms with Gasteiger partial charge in [0.05, 0.1) is 17.2 Å². The van der Waals surface area contributed by atoms with Gasteiger partial charge in [0.2, 0.25) is 0 Å². The average Bonchev–Trinajstić information content (AvgIpc) is 2.84. The number of rotatable bonds is 0. The number of pyridine rings is 1. The molecular formula is C13H7FN2. The summed E-state index contributed by atoms with van der Waals surface area (Å²) in [5, 5.41) is 1.93. The van der Waals surface area contributed by atoms with Crippen LogP contribution in [0.4, 0.5) is 4.39 Å². The molecule has 4 aromatic rings. The molecule has 0 amide bonds. The maximum absolute atomic E-state index is 13.2. The van der Waals surface area contributed by atoms with Crippen LogP contribution in [0.25, 0.3) is 27.5 Å². The number of halogens is 1. The molecule has 76 valence electrons. The number of hydrogen-bond donors (Lipinski definition) is 0. The van der Waals surface area contributed by atoms with E-state index in [0.717, 1.165) is 27.5 Å². The van der Waals surface area contributed by atoms with Crippen LogP contribution in [0, 0.1) is 5.82 Å². The lowest BCUT2D eigenvalue weighted by Crippen LogP contribution is -1.79. The van der Waals surface area contributed by atoms with Crippen molar-refractivity contribution in [2.75, 3.05) is 0 Å². The molecule has 0 radical (unpaired) electrons. The minimum atomic E-state index is -0.207. The van der Waals surface area contributed by atoms with Crippen molar-refractivity contribution in [2.24, 2.45) is 0 Å². The third kappa shape index (κ3) is 0.795. The first-order valence-electron chi connectivity index (χ1n) is 5.11. The van der Waals surface area contributed by atoms with Crippen molar-refractivity contribution >= 4 is 27.5 Å². The number of nitrogens with zero attached hydrogens (tertiary/aromatic N) is 2. The first-order chi connectivity index (χ1) is 7.84. The van der Waals surface area contributed by atoms with Gasteiger partial charge < -0.3 is 0 Å². The Morgan fingerprint density at radius 1 is 1.06 bits per heavy atom. The zero-order valence-electron chi connectivity index (χ0n) is 8.31. The molecule has 0 saturated carbocycles. The van der Waals surface area contributed by atoms with E-state index in [0.29, 0.717) is 0 Å². The fourth-order valence-corrected chi connectivity index (χ4v) is 2.37. The summed E-state index contributed by atoms with van der Waals surface area (Å²) in [6.07, 6.45) is 1.84. The smallest absolute Gasteiger partial charge is 0.145 e. The number of benzene rings is 1. The molecule has 0 aliphatic carbocycles. The van der Waals surface area contributed by atoms with Gasteiger partial charge in [0.15, 0.2) is 0 Å². The summed E-state index contributed by atoms with van der Waals surface area (Å²) in [7, 11) is 0. The highest BCUT2D eigenvalue weighted by molar-refractivity contribution is 6.08. The number of fused-ring (bicyclic) bond motifs is 3. The molecule has 0 N–H and O–H groups in total. The molecule has 0 bridgehead atoms. The third-order valence-corrected chi connectivity index (χ3v) is 3.05. The van der Waals surface area contributed by atoms with Gasteiger partial charge in [0, 0.05) is 10.8 Å². The van der Waals surface area contributed by atoms with Gasteiger partial charge in [-0.05, 0) is 30.3 Å². The summed E-state index contributed by atoms with van der Waals surface area (Å²) >= 11 is 0. The highest BCUT2D eigenvalue weighted by Gasteiger charge is 2.12. The van der Waals surface area contributed by atoms with Crippen molar-refractivity contribution in [3.8, 4) is 0 Å². The van der Waals surface area contributed by atoms with Crippen LogP contribution >= 0.6 is 0 Å². The molecule has 3 aromatic heterocycles. The van der Waals surface area contributed by atoms with E-state index in [1.165, 1.54) is 6.07 Å². The van der Waals surface area contributed by atoms with Crippen molar-refractivity contribution in [3.05, 3.63) is 48.4 Å². The Kier molecular flexibility index (Phi) is 1.26. The standard InChI is InChI=1S/C13H7FN2/c14-8-4-5-10-11(6-8)12-3-1-2-9-7-15-13(10)16(9)12/h1-7H. The molecule has 16 heavy (non-hydrogen) atoms. The van der Waals surface area contributed by atoms with Crippen molar-refractivity contribution in [1.82, 2.24) is 9.38 Å². The second kappa shape index (κ2) is 2.50. The van der Waals surface area contributed by atoms with Gasteiger partial charge >= 0.3 is 0 Å². The van der Waals surface area contributed by atoms with Crippen molar-refractivity contribution < 1.29 is 4.39 Å². The molecule has 0 aliphatic heterocycles. The first-order valence-corrected chi connectivity index (χ1v) is 5.11. The van der Waals surface area contributed by atoms with Gasteiger partial charge in [-0.2, -0.15) is 0 Å². The topological polar surface area (TPSA) is 17.3 Å². The highest BCUT2D eigenvalue weighted by Crippen LogP contribution is 2.30. The van der Waals surface area contributed by atoms with E-state index < -0.39 is 0 Å². The van der Waals surface area contributed by atoms with E-state index in [2.05, 4.69) is 9.38 Å². The zero-order chi connectivity index (χ0) is 10.7. The third-order valence-electron chi connectivity index (χ3n) is 3.05. The van der Waals surface area contributed by atoms with Crippen molar-refractivity contribution in [2.45, 2.75) is 0 Å². The first kappa shape index (κ1) is 8.05. The van der Waals surface area contributed by atoms with E-state index in [9.17, 15) is 4.39 Å². The fraction of sp³-hybridized carbons (Fsp3) is 0. The maximum atomic E-state index is 13.2. The summed E-state index contributed by atoms with van der Waals surface area (Å²) in [5.74, 6) is -0.207. The van der Waals surface area contributed by atoms with Crippen LogP contribution in [0.3, 0.4) is 0 Å². The SMILES string of the molecule is Fc1ccc2c(c1)c1cccc3cnc2n31. The molecule has 0 fully saturated rings. The summed E-state index contributed by atoms with van der Waals surface area (Å²) in [4.78, 5) is 4.38. The van der Waals surface area contributed by atoms with Gasteiger partial charge in [0.1, 0.15) is 11.5 Å². The second-order valence-corrected chi connectivity index (χ2v) is 3.94. The van der Waals surface area contributed by atoms with Crippen LogP contribution < -0.4 is 0 Å². The Bertz CT molecular complexity index is 816. The van der Waals surface area contributed by atoms with E-state index in [4.69, 9.17) is 0 Å². The Morgan fingerprint density at radius 3 is 2.94 bits per heavy atom. The van der Waals surface area contributed by atoms with E-state index in [-0.39, 0.29) is 5.82 Å². The van der Waals surface area contributed by atoms with Crippen molar-refractivity contribution in [1.29, 1.82) is 0 Å². The summed E-state index contributed by atoms with van der Waals surface area (Å²) in [5.41, 5.74) is 2.96. The molecule has 3 heteroatoms. The number of hydrogen-bond acceptors (Lipinski definition) is 1. The molecule has 3 heterocycles. The minimum absolute atomic E-state index is 0.207. The monoisotopic (exact) mass is 210 g/mol. The van der Waals surface area contributed by atoms with Crippen LogP contribution in [0.1, 0.15) is 0 Å². The number of aromatic nitrogens is 2. The van der Waals surface area contributed by atoms with Gasteiger partial charge in [-0.15, -0.1) is 0 Å². The van der Waals surface area contributed by atoms with Gasteiger partial charge in [0.25, 0.3) is 0 Å². The molecular weight excluding hydrogens is 203 g/mol. The van der Waals surface area contributed by atoms with E-state index in [1.807, 2.05) is 24.4 Å². The second-order valence-electron chi connectivity index (χ2n) is 3.94. The molecule has 4 rings (SSSR count). The Morgan fingerprint density at radius 2 is 2.00 bits per heavy atom. The molecule has 1 aromatic carbocycles. The predicted octanol–water partition coefficient (Wildman–Crippen LogP) is 3.22. The van der Waals surface area contributed by atoms with Crippen LogP contribution in [-0.2, 0) is 0 Å². The maximum Gasteiger partial charge on any atom is 0.145 e.